The normalized spacial score (nSPS) is 14.7. The third-order valence-electron chi connectivity index (χ3n) is 5.36. The quantitative estimate of drug-likeness (QED) is 0.697. The maximum absolute atomic E-state index is 12.7. The Morgan fingerprint density at radius 2 is 1.72 bits per heavy atom. The number of carbonyl (C=O) groups is 2. The van der Waals surface area contributed by atoms with Gasteiger partial charge in [-0.25, -0.2) is 9.78 Å². The van der Waals surface area contributed by atoms with Crippen molar-refractivity contribution in [2.75, 3.05) is 13.1 Å². The lowest BCUT2D eigenvalue weighted by molar-refractivity contribution is -0.131. The van der Waals surface area contributed by atoms with Gasteiger partial charge in [-0.15, -0.1) is 0 Å². The number of aromatic carboxylic acids is 1. The highest BCUT2D eigenvalue weighted by Gasteiger charge is 2.26. The van der Waals surface area contributed by atoms with Crippen LogP contribution in [0.5, 0.6) is 0 Å². The number of piperidine rings is 1. The molecule has 0 aliphatic carbocycles. The molecular weight excluding hydrogens is 368 g/mol. The Hall–Kier alpha value is -3.48. The fourth-order valence-corrected chi connectivity index (χ4v) is 3.73. The van der Waals surface area contributed by atoms with Crippen LogP contribution in [-0.4, -0.2) is 50.2 Å². The van der Waals surface area contributed by atoms with Crippen LogP contribution in [0.4, 0.5) is 0 Å². The van der Waals surface area contributed by atoms with Gasteiger partial charge in [0.1, 0.15) is 5.82 Å². The van der Waals surface area contributed by atoms with Crippen LogP contribution in [0.25, 0.3) is 11.4 Å². The molecule has 2 aromatic carbocycles. The molecule has 0 bridgehead atoms. The second kappa shape index (κ2) is 8.26. The number of rotatable bonds is 5. The topological polar surface area (TPSA) is 99.2 Å². The number of likely N-dealkylation sites (tertiary alicyclic amines) is 1. The summed E-state index contributed by atoms with van der Waals surface area (Å²) < 4.78 is 0. The van der Waals surface area contributed by atoms with E-state index in [1.165, 1.54) is 6.07 Å². The second-order valence-electron chi connectivity index (χ2n) is 7.20. The number of benzene rings is 2. The maximum Gasteiger partial charge on any atom is 0.335 e. The van der Waals surface area contributed by atoms with Crippen LogP contribution < -0.4 is 0 Å². The average Bonchev–Trinajstić information content (AvgIpc) is 3.25. The molecule has 7 nitrogen and oxygen atoms in total. The molecule has 1 fully saturated rings. The van der Waals surface area contributed by atoms with E-state index in [0.29, 0.717) is 24.5 Å². The first-order chi connectivity index (χ1) is 14.1. The summed E-state index contributed by atoms with van der Waals surface area (Å²) >= 11 is 0. The number of H-pyrrole nitrogens is 1. The van der Waals surface area contributed by atoms with Crippen molar-refractivity contribution in [3.05, 3.63) is 71.5 Å². The van der Waals surface area contributed by atoms with E-state index in [4.69, 9.17) is 0 Å². The monoisotopic (exact) mass is 390 g/mol. The van der Waals surface area contributed by atoms with Gasteiger partial charge in [0.15, 0.2) is 5.82 Å². The molecule has 2 heterocycles. The van der Waals surface area contributed by atoms with Crippen molar-refractivity contribution in [1.82, 2.24) is 20.1 Å². The van der Waals surface area contributed by atoms with Crippen molar-refractivity contribution in [3.63, 3.8) is 0 Å². The molecule has 7 heteroatoms. The zero-order valence-corrected chi connectivity index (χ0v) is 15.9. The number of carbonyl (C=O) groups excluding carboxylic acids is 1. The minimum Gasteiger partial charge on any atom is -0.478 e. The Bertz CT molecular complexity index is 1010. The zero-order chi connectivity index (χ0) is 20.2. The van der Waals surface area contributed by atoms with Crippen molar-refractivity contribution >= 4 is 11.9 Å². The SMILES string of the molecule is O=C(O)c1ccccc1CC(=O)N1CCC(c2nc(-c3ccccc3)n[nH]2)CC1. The zero-order valence-electron chi connectivity index (χ0n) is 15.9. The van der Waals surface area contributed by atoms with Gasteiger partial charge in [-0.1, -0.05) is 48.5 Å². The first-order valence-electron chi connectivity index (χ1n) is 9.68. The lowest BCUT2D eigenvalue weighted by Crippen LogP contribution is -2.39. The largest absolute Gasteiger partial charge is 0.478 e. The van der Waals surface area contributed by atoms with Crippen LogP contribution >= 0.6 is 0 Å². The molecule has 148 valence electrons. The summed E-state index contributed by atoms with van der Waals surface area (Å²) in [6.07, 6.45) is 1.71. The highest BCUT2D eigenvalue weighted by Crippen LogP contribution is 2.27. The van der Waals surface area contributed by atoms with Gasteiger partial charge in [-0.05, 0) is 24.5 Å². The van der Waals surface area contributed by atoms with Crippen LogP contribution in [0.2, 0.25) is 0 Å². The van der Waals surface area contributed by atoms with Gasteiger partial charge in [0, 0.05) is 24.6 Å². The van der Waals surface area contributed by atoms with Crippen molar-refractivity contribution < 1.29 is 14.7 Å². The van der Waals surface area contributed by atoms with Crippen LogP contribution in [0.3, 0.4) is 0 Å². The molecule has 1 aliphatic heterocycles. The molecule has 1 aromatic heterocycles. The number of carboxylic acid groups (broad SMARTS) is 1. The van der Waals surface area contributed by atoms with Gasteiger partial charge in [-0.3, -0.25) is 9.89 Å². The van der Waals surface area contributed by atoms with E-state index in [1.54, 1.807) is 18.2 Å². The van der Waals surface area contributed by atoms with Gasteiger partial charge in [-0.2, -0.15) is 5.10 Å². The van der Waals surface area contributed by atoms with Crippen LogP contribution in [0.1, 0.15) is 40.5 Å². The first kappa shape index (κ1) is 18.9. The van der Waals surface area contributed by atoms with E-state index < -0.39 is 5.97 Å². The minimum absolute atomic E-state index is 0.0419. The van der Waals surface area contributed by atoms with E-state index in [2.05, 4.69) is 15.2 Å². The van der Waals surface area contributed by atoms with Crippen molar-refractivity contribution in [2.45, 2.75) is 25.2 Å². The summed E-state index contributed by atoms with van der Waals surface area (Å²) in [4.78, 5) is 30.5. The number of carboxylic acids is 1. The highest BCUT2D eigenvalue weighted by atomic mass is 16.4. The van der Waals surface area contributed by atoms with E-state index >= 15 is 0 Å². The molecule has 2 N–H and O–H groups in total. The number of aromatic nitrogens is 3. The lowest BCUT2D eigenvalue weighted by atomic mass is 9.95. The van der Waals surface area contributed by atoms with Crippen molar-refractivity contribution in [2.24, 2.45) is 0 Å². The summed E-state index contributed by atoms with van der Waals surface area (Å²) in [6, 6.07) is 16.5. The Morgan fingerprint density at radius 3 is 2.45 bits per heavy atom. The first-order valence-corrected chi connectivity index (χ1v) is 9.68. The third-order valence-corrected chi connectivity index (χ3v) is 5.36. The fraction of sp³-hybridized carbons (Fsp3) is 0.273. The Labute approximate surface area is 168 Å². The molecule has 1 amide bonds. The number of amides is 1. The fourth-order valence-electron chi connectivity index (χ4n) is 3.73. The molecule has 3 aromatic rings. The summed E-state index contributed by atoms with van der Waals surface area (Å²) in [5.41, 5.74) is 1.71. The number of hydrogen-bond acceptors (Lipinski definition) is 4. The molecule has 0 unspecified atom stereocenters. The van der Waals surface area contributed by atoms with Gasteiger partial charge in [0.05, 0.1) is 12.0 Å². The summed E-state index contributed by atoms with van der Waals surface area (Å²) in [7, 11) is 0. The molecule has 0 atom stereocenters. The van der Waals surface area contributed by atoms with Crippen LogP contribution in [0, 0.1) is 0 Å². The number of nitrogens with one attached hydrogen (secondary N) is 1. The van der Waals surface area contributed by atoms with Crippen molar-refractivity contribution in [3.8, 4) is 11.4 Å². The molecule has 0 spiro atoms. The van der Waals surface area contributed by atoms with Gasteiger partial charge < -0.3 is 10.0 Å². The van der Waals surface area contributed by atoms with Gasteiger partial charge in [0.25, 0.3) is 0 Å². The lowest BCUT2D eigenvalue weighted by Gasteiger charge is -2.31. The number of aromatic amines is 1. The molecule has 29 heavy (non-hydrogen) atoms. The predicted molar refractivity (Wildman–Crippen MR) is 107 cm³/mol. The average molecular weight is 390 g/mol. The number of nitrogens with zero attached hydrogens (tertiary/aromatic N) is 3. The Morgan fingerprint density at radius 1 is 1.03 bits per heavy atom. The van der Waals surface area contributed by atoms with Gasteiger partial charge in [0.2, 0.25) is 5.91 Å². The van der Waals surface area contributed by atoms with E-state index in [9.17, 15) is 14.7 Å². The molecule has 1 aliphatic rings. The molecule has 1 saturated heterocycles. The summed E-state index contributed by atoms with van der Waals surface area (Å²) in [6.45, 7) is 1.25. The molecule has 0 saturated carbocycles. The maximum atomic E-state index is 12.7. The van der Waals surface area contributed by atoms with Crippen molar-refractivity contribution in [1.29, 1.82) is 0 Å². The van der Waals surface area contributed by atoms with Crippen LogP contribution in [-0.2, 0) is 11.2 Å². The second-order valence-corrected chi connectivity index (χ2v) is 7.20. The standard InChI is InChI=1S/C22H22N4O3/c27-19(14-17-8-4-5-9-18(17)22(28)29)26-12-10-16(11-13-26)21-23-20(24-25-21)15-6-2-1-3-7-15/h1-9,16H,10-14H2,(H,28,29)(H,23,24,25). The molecular formula is C22H22N4O3. The molecule has 0 radical (unpaired) electrons. The van der Waals surface area contributed by atoms with E-state index in [0.717, 1.165) is 24.2 Å². The minimum atomic E-state index is -1.01. The van der Waals surface area contributed by atoms with Crippen LogP contribution in [0.15, 0.2) is 54.6 Å². The Kier molecular flexibility index (Phi) is 5.37. The van der Waals surface area contributed by atoms with E-state index in [1.807, 2.05) is 35.2 Å². The van der Waals surface area contributed by atoms with E-state index in [-0.39, 0.29) is 23.8 Å². The summed E-state index contributed by atoms with van der Waals surface area (Å²) in [5.74, 6) is 0.721. The third kappa shape index (κ3) is 4.18. The highest BCUT2D eigenvalue weighted by molar-refractivity contribution is 5.91. The molecule has 4 rings (SSSR count). The predicted octanol–water partition coefficient (Wildman–Crippen LogP) is 3.12. The smallest absolute Gasteiger partial charge is 0.335 e. The number of hydrogen-bond donors (Lipinski definition) is 2. The Balaban J connectivity index is 1.37. The van der Waals surface area contributed by atoms with Gasteiger partial charge >= 0.3 is 5.97 Å². The summed E-state index contributed by atoms with van der Waals surface area (Å²) in [5, 5.41) is 16.7.